The average Bonchev–Trinajstić information content (AvgIpc) is 1.69. The van der Waals surface area contributed by atoms with Gasteiger partial charge in [-0.15, -0.1) is 0 Å². The molecule has 0 nitrogen and oxygen atoms in total. The maximum Gasteiger partial charge on any atom is 1.00 e. The van der Waals surface area contributed by atoms with Crippen LogP contribution in [0.1, 0.15) is 32.1 Å². The van der Waals surface area contributed by atoms with Gasteiger partial charge < -0.3 is 12.6 Å². The molecule has 2 heteroatoms. The van der Waals surface area contributed by atoms with E-state index in [9.17, 15) is 0 Å². The second-order valence-electron chi connectivity index (χ2n) is 2.26. The summed E-state index contributed by atoms with van der Waals surface area (Å²) in [5, 5.41) is 0.619. The number of rotatable bonds is 0. The zero-order valence-corrected chi connectivity index (χ0v) is 9.46. The molecular formula is C6H11KS. The molecule has 0 atom stereocenters. The van der Waals surface area contributed by atoms with E-state index >= 15 is 0 Å². The van der Waals surface area contributed by atoms with Crippen LogP contribution in [0.4, 0.5) is 0 Å². The summed E-state index contributed by atoms with van der Waals surface area (Å²) in [4.78, 5) is 0. The predicted molar refractivity (Wildman–Crippen MR) is 34.2 cm³/mol. The van der Waals surface area contributed by atoms with Gasteiger partial charge in [-0.25, -0.2) is 0 Å². The Labute approximate surface area is 99.6 Å². The van der Waals surface area contributed by atoms with Gasteiger partial charge in [-0.3, -0.25) is 0 Å². The molecule has 0 aromatic carbocycles. The molecule has 0 unspecified atom stereocenters. The Balaban J connectivity index is 0.000000490. The molecule has 0 aliphatic heterocycles. The molecule has 1 fully saturated rings. The van der Waals surface area contributed by atoms with Crippen LogP contribution in [0.15, 0.2) is 0 Å². The van der Waals surface area contributed by atoms with Gasteiger partial charge in [0.2, 0.25) is 0 Å². The molecule has 0 spiro atoms. The number of hydrogen-bond donors (Lipinski definition) is 0. The second-order valence-corrected chi connectivity index (χ2v) is 2.93. The standard InChI is InChI=1S/C6H12S.K/c7-6-4-2-1-3-5-6;/h6-7H,1-5H2;/q;+1/p-1. The van der Waals surface area contributed by atoms with E-state index in [4.69, 9.17) is 12.6 Å². The number of hydrogen-bond acceptors (Lipinski definition) is 1. The molecule has 0 aromatic heterocycles. The molecule has 0 bridgehead atoms. The molecule has 0 heterocycles. The Morgan fingerprint density at radius 2 is 1.50 bits per heavy atom. The van der Waals surface area contributed by atoms with Gasteiger partial charge in [0.15, 0.2) is 0 Å². The first-order chi connectivity index (χ1) is 3.39. The van der Waals surface area contributed by atoms with E-state index in [1.165, 1.54) is 32.1 Å². The molecule has 1 saturated carbocycles. The van der Waals surface area contributed by atoms with Gasteiger partial charge in [-0.05, 0) is 0 Å². The van der Waals surface area contributed by atoms with Gasteiger partial charge in [0.05, 0.1) is 0 Å². The second kappa shape index (κ2) is 5.75. The Hall–Kier alpha value is 1.99. The van der Waals surface area contributed by atoms with Gasteiger partial charge in [0, 0.05) is 0 Å². The fourth-order valence-corrected chi connectivity index (χ4v) is 1.40. The molecule has 0 saturated heterocycles. The van der Waals surface area contributed by atoms with Crippen LogP contribution in [0.3, 0.4) is 0 Å². The third-order valence-corrected chi connectivity index (χ3v) is 2.02. The van der Waals surface area contributed by atoms with Gasteiger partial charge >= 0.3 is 51.4 Å². The van der Waals surface area contributed by atoms with Crippen LogP contribution in [-0.2, 0) is 12.6 Å². The molecule has 42 valence electrons. The zero-order chi connectivity index (χ0) is 5.11. The summed E-state index contributed by atoms with van der Waals surface area (Å²) < 4.78 is 0. The predicted octanol–water partition coefficient (Wildman–Crippen LogP) is -1.13. The van der Waals surface area contributed by atoms with Gasteiger partial charge in [0.25, 0.3) is 0 Å². The van der Waals surface area contributed by atoms with Crippen LogP contribution in [0.25, 0.3) is 0 Å². The molecule has 0 aromatic rings. The fraction of sp³-hybridized carbons (Fsp3) is 1.00. The summed E-state index contributed by atoms with van der Waals surface area (Å²) in [6, 6.07) is 0. The minimum absolute atomic E-state index is 0. The van der Waals surface area contributed by atoms with Crippen LogP contribution in [-0.4, -0.2) is 5.25 Å². The maximum absolute atomic E-state index is 5.09. The molecule has 0 radical (unpaired) electrons. The normalized spacial score (nSPS) is 22.1. The molecular weight excluding hydrogens is 143 g/mol. The molecule has 1 aliphatic rings. The zero-order valence-electron chi connectivity index (χ0n) is 5.52. The van der Waals surface area contributed by atoms with E-state index < -0.39 is 0 Å². The van der Waals surface area contributed by atoms with Crippen molar-refractivity contribution in [1.82, 2.24) is 0 Å². The summed E-state index contributed by atoms with van der Waals surface area (Å²) in [6.07, 6.45) is 6.79. The van der Waals surface area contributed by atoms with Crippen molar-refractivity contribution in [3.05, 3.63) is 0 Å². The average molecular weight is 154 g/mol. The minimum atomic E-state index is 0. The van der Waals surface area contributed by atoms with Crippen LogP contribution in [0.2, 0.25) is 0 Å². The maximum atomic E-state index is 5.09. The van der Waals surface area contributed by atoms with Crippen molar-refractivity contribution in [2.45, 2.75) is 37.4 Å². The molecule has 0 N–H and O–H groups in total. The van der Waals surface area contributed by atoms with Crippen LogP contribution in [0, 0.1) is 0 Å². The Morgan fingerprint density at radius 3 is 1.75 bits per heavy atom. The topological polar surface area (TPSA) is 0 Å². The molecule has 8 heavy (non-hydrogen) atoms. The van der Waals surface area contributed by atoms with E-state index in [-0.39, 0.29) is 51.4 Å². The summed E-state index contributed by atoms with van der Waals surface area (Å²) in [6.45, 7) is 0. The van der Waals surface area contributed by atoms with E-state index in [0.29, 0.717) is 5.25 Å². The first-order valence-electron chi connectivity index (χ1n) is 3.05. The van der Waals surface area contributed by atoms with Gasteiger partial charge in [-0.1, -0.05) is 32.1 Å². The first kappa shape index (κ1) is 9.99. The van der Waals surface area contributed by atoms with Gasteiger partial charge in [-0.2, -0.15) is 5.25 Å². The smallest absolute Gasteiger partial charge is 0.789 e. The summed E-state index contributed by atoms with van der Waals surface area (Å²) in [5.74, 6) is 0. The van der Waals surface area contributed by atoms with Crippen LogP contribution in [0.5, 0.6) is 0 Å². The summed E-state index contributed by atoms with van der Waals surface area (Å²) >= 11 is 5.09. The largest absolute Gasteiger partial charge is 1.00 e. The minimum Gasteiger partial charge on any atom is -0.789 e. The Morgan fingerprint density at radius 1 is 1.00 bits per heavy atom. The monoisotopic (exact) mass is 154 g/mol. The summed E-state index contributed by atoms with van der Waals surface area (Å²) in [5.41, 5.74) is 0. The van der Waals surface area contributed by atoms with Gasteiger partial charge in [0.1, 0.15) is 0 Å². The van der Waals surface area contributed by atoms with E-state index in [2.05, 4.69) is 0 Å². The summed E-state index contributed by atoms with van der Waals surface area (Å²) in [7, 11) is 0. The van der Waals surface area contributed by atoms with Crippen molar-refractivity contribution in [2.24, 2.45) is 0 Å². The third-order valence-electron chi connectivity index (χ3n) is 1.55. The van der Waals surface area contributed by atoms with Crippen molar-refractivity contribution in [3.8, 4) is 0 Å². The van der Waals surface area contributed by atoms with Crippen molar-refractivity contribution >= 4 is 12.6 Å². The third kappa shape index (κ3) is 3.91. The van der Waals surface area contributed by atoms with Crippen LogP contribution < -0.4 is 51.4 Å². The molecule has 1 rings (SSSR count). The first-order valence-corrected chi connectivity index (χ1v) is 3.52. The van der Waals surface area contributed by atoms with Crippen LogP contribution >= 0.6 is 0 Å². The quantitative estimate of drug-likeness (QED) is 0.314. The Kier molecular flexibility index (Phi) is 7.17. The van der Waals surface area contributed by atoms with E-state index in [0.717, 1.165) is 0 Å². The van der Waals surface area contributed by atoms with Crippen molar-refractivity contribution in [3.63, 3.8) is 0 Å². The molecule has 0 amide bonds. The van der Waals surface area contributed by atoms with Crippen molar-refractivity contribution in [1.29, 1.82) is 0 Å². The van der Waals surface area contributed by atoms with E-state index in [1.54, 1.807) is 0 Å². The van der Waals surface area contributed by atoms with Crippen molar-refractivity contribution in [2.75, 3.05) is 0 Å². The molecule has 1 aliphatic carbocycles. The Bertz CT molecular complexity index is 50.5. The fourth-order valence-electron chi connectivity index (χ4n) is 1.07. The van der Waals surface area contributed by atoms with E-state index in [1.807, 2.05) is 0 Å². The SMILES string of the molecule is [K+].[S-]C1CCCCC1. The van der Waals surface area contributed by atoms with Crippen molar-refractivity contribution < 1.29 is 51.4 Å².